The van der Waals surface area contributed by atoms with Gasteiger partial charge in [0.2, 0.25) is 5.91 Å². The fraction of sp³-hybridized carbons (Fsp3) is 0.875. The first kappa shape index (κ1) is 9.48. The summed E-state index contributed by atoms with van der Waals surface area (Å²) in [5.41, 5.74) is 5.45. The summed E-state index contributed by atoms with van der Waals surface area (Å²) < 4.78 is 0. The van der Waals surface area contributed by atoms with Crippen molar-refractivity contribution in [3.8, 4) is 0 Å². The van der Waals surface area contributed by atoms with Gasteiger partial charge in [-0.05, 0) is 19.8 Å². The molecule has 1 atom stereocenters. The van der Waals surface area contributed by atoms with Gasteiger partial charge in [0.25, 0.3) is 0 Å². The fourth-order valence-electron chi connectivity index (χ4n) is 1.37. The quantitative estimate of drug-likeness (QED) is 0.550. The smallest absolute Gasteiger partial charge is 0.239 e. The average molecular weight is 172 g/mol. The zero-order valence-corrected chi connectivity index (χ0v) is 7.36. The SMILES string of the molecule is C[C@@H](N)C(=O)N1CCC(O)CC1. The Hall–Kier alpha value is -0.610. The van der Waals surface area contributed by atoms with Crippen LogP contribution < -0.4 is 5.73 Å². The van der Waals surface area contributed by atoms with Crippen molar-refractivity contribution in [2.45, 2.75) is 31.9 Å². The van der Waals surface area contributed by atoms with Crippen LogP contribution in [0, 0.1) is 0 Å². The molecule has 4 heteroatoms. The number of rotatable bonds is 1. The van der Waals surface area contributed by atoms with Crippen molar-refractivity contribution in [3.05, 3.63) is 0 Å². The molecule has 1 aliphatic rings. The molecule has 1 rings (SSSR count). The molecule has 12 heavy (non-hydrogen) atoms. The Bertz CT molecular complexity index is 162. The predicted molar refractivity (Wildman–Crippen MR) is 45.5 cm³/mol. The Balaban J connectivity index is 2.39. The lowest BCUT2D eigenvalue weighted by atomic mass is 10.1. The maximum atomic E-state index is 11.3. The lowest BCUT2D eigenvalue weighted by Crippen LogP contribution is -2.46. The van der Waals surface area contributed by atoms with Crippen LogP contribution in [-0.2, 0) is 4.79 Å². The summed E-state index contributed by atoms with van der Waals surface area (Å²) in [6.45, 7) is 2.97. The molecule has 70 valence electrons. The third kappa shape index (κ3) is 2.19. The predicted octanol–water partition coefficient (Wildman–Crippen LogP) is -0.683. The second-order valence-corrected chi connectivity index (χ2v) is 3.35. The van der Waals surface area contributed by atoms with E-state index in [4.69, 9.17) is 5.73 Å². The zero-order chi connectivity index (χ0) is 9.14. The minimum Gasteiger partial charge on any atom is -0.393 e. The van der Waals surface area contributed by atoms with E-state index in [1.54, 1.807) is 11.8 Å². The van der Waals surface area contributed by atoms with Crippen molar-refractivity contribution in [2.75, 3.05) is 13.1 Å². The fourth-order valence-corrected chi connectivity index (χ4v) is 1.37. The summed E-state index contributed by atoms with van der Waals surface area (Å²) in [6.07, 6.45) is 1.12. The molecule has 0 radical (unpaired) electrons. The molecule has 0 aliphatic carbocycles. The van der Waals surface area contributed by atoms with Crippen molar-refractivity contribution in [2.24, 2.45) is 5.73 Å². The van der Waals surface area contributed by atoms with E-state index in [0.717, 1.165) is 0 Å². The number of amides is 1. The highest BCUT2D eigenvalue weighted by Gasteiger charge is 2.22. The lowest BCUT2D eigenvalue weighted by molar-refractivity contribution is -0.134. The summed E-state index contributed by atoms with van der Waals surface area (Å²) in [7, 11) is 0. The van der Waals surface area contributed by atoms with Crippen LogP contribution in [0.4, 0.5) is 0 Å². The summed E-state index contributed by atoms with van der Waals surface area (Å²) in [6, 6.07) is -0.416. The molecule has 3 N–H and O–H groups in total. The monoisotopic (exact) mass is 172 g/mol. The number of piperidine rings is 1. The van der Waals surface area contributed by atoms with E-state index >= 15 is 0 Å². The molecule has 0 unspecified atom stereocenters. The molecule has 0 aromatic heterocycles. The molecule has 0 bridgehead atoms. The molecular formula is C8H16N2O2. The van der Waals surface area contributed by atoms with E-state index in [-0.39, 0.29) is 12.0 Å². The minimum absolute atomic E-state index is 0.0121. The summed E-state index contributed by atoms with van der Waals surface area (Å²) >= 11 is 0. The van der Waals surface area contributed by atoms with Crippen LogP contribution in [0.15, 0.2) is 0 Å². The van der Waals surface area contributed by atoms with Gasteiger partial charge in [-0.2, -0.15) is 0 Å². The Morgan fingerprint density at radius 3 is 2.50 bits per heavy atom. The van der Waals surface area contributed by atoms with Crippen molar-refractivity contribution < 1.29 is 9.90 Å². The third-order valence-corrected chi connectivity index (χ3v) is 2.17. The van der Waals surface area contributed by atoms with Crippen molar-refractivity contribution in [1.82, 2.24) is 4.90 Å². The van der Waals surface area contributed by atoms with Crippen LogP contribution in [0.5, 0.6) is 0 Å². The highest BCUT2D eigenvalue weighted by molar-refractivity contribution is 5.81. The molecule has 1 aliphatic heterocycles. The molecule has 0 aromatic rings. The summed E-state index contributed by atoms with van der Waals surface area (Å²) in [5, 5.41) is 9.18. The zero-order valence-electron chi connectivity index (χ0n) is 7.36. The van der Waals surface area contributed by atoms with Gasteiger partial charge in [-0.3, -0.25) is 4.79 Å². The van der Waals surface area contributed by atoms with E-state index in [2.05, 4.69) is 0 Å². The number of likely N-dealkylation sites (tertiary alicyclic amines) is 1. The highest BCUT2D eigenvalue weighted by atomic mass is 16.3. The van der Waals surface area contributed by atoms with Gasteiger partial charge in [0.05, 0.1) is 12.1 Å². The maximum absolute atomic E-state index is 11.3. The van der Waals surface area contributed by atoms with Crippen molar-refractivity contribution in [3.63, 3.8) is 0 Å². The van der Waals surface area contributed by atoms with Gasteiger partial charge >= 0.3 is 0 Å². The van der Waals surface area contributed by atoms with Gasteiger partial charge in [-0.15, -0.1) is 0 Å². The largest absolute Gasteiger partial charge is 0.393 e. The van der Waals surface area contributed by atoms with Crippen LogP contribution in [0.2, 0.25) is 0 Å². The number of nitrogens with two attached hydrogens (primary N) is 1. The van der Waals surface area contributed by atoms with Crippen molar-refractivity contribution in [1.29, 1.82) is 0 Å². The topological polar surface area (TPSA) is 66.6 Å². The number of hydrogen-bond donors (Lipinski definition) is 2. The van der Waals surface area contributed by atoms with Crippen LogP contribution in [0.25, 0.3) is 0 Å². The standard InChI is InChI=1S/C8H16N2O2/c1-6(9)8(12)10-4-2-7(11)3-5-10/h6-7,11H,2-5,9H2,1H3/t6-/m1/s1. The second kappa shape index (κ2) is 3.87. The van der Waals surface area contributed by atoms with Gasteiger partial charge in [-0.25, -0.2) is 0 Å². The van der Waals surface area contributed by atoms with Crippen molar-refractivity contribution >= 4 is 5.91 Å². The maximum Gasteiger partial charge on any atom is 0.239 e. The third-order valence-electron chi connectivity index (χ3n) is 2.17. The second-order valence-electron chi connectivity index (χ2n) is 3.35. The van der Waals surface area contributed by atoms with Gasteiger partial charge < -0.3 is 15.7 Å². The lowest BCUT2D eigenvalue weighted by Gasteiger charge is -2.30. The first-order valence-corrected chi connectivity index (χ1v) is 4.33. The minimum atomic E-state index is -0.416. The molecule has 1 fully saturated rings. The number of carbonyl (C=O) groups is 1. The number of hydrogen-bond acceptors (Lipinski definition) is 3. The number of nitrogens with zero attached hydrogens (tertiary/aromatic N) is 1. The molecular weight excluding hydrogens is 156 g/mol. The van der Waals surface area contributed by atoms with E-state index in [0.29, 0.717) is 25.9 Å². The van der Waals surface area contributed by atoms with Gasteiger partial charge in [-0.1, -0.05) is 0 Å². The Kier molecular flexibility index (Phi) is 3.05. The highest BCUT2D eigenvalue weighted by Crippen LogP contribution is 2.10. The molecule has 4 nitrogen and oxygen atoms in total. The molecule has 0 saturated carbocycles. The summed E-state index contributed by atoms with van der Waals surface area (Å²) in [5.74, 6) is -0.0121. The van der Waals surface area contributed by atoms with Crippen LogP contribution in [-0.4, -0.2) is 41.1 Å². The Labute approximate surface area is 72.3 Å². The molecule has 0 aromatic carbocycles. The van der Waals surface area contributed by atoms with Gasteiger partial charge in [0.15, 0.2) is 0 Å². The van der Waals surface area contributed by atoms with Crippen LogP contribution in [0.3, 0.4) is 0 Å². The van der Waals surface area contributed by atoms with E-state index in [9.17, 15) is 9.90 Å². The Morgan fingerprint density at radius 1 is 1.58 bits per heavy atom. The van der Waals surface area contributed by atoms with Crippen LogP contribution in [0.1, 0.15) is 19.8 Å². The van der Waals surface area contributed by atoms with Gasteiger partial charge in [0, 0.05) is 13.1 Å². The Morgan fingerprint density at radius 2 is 2.08 bits per heavy atom. The molecule has 0 spiro atoms. The van der Waals surface area contributed by atoms with E-state index in [1.165, 1.54) is 0 Å². The van der Waals surface area contributed by atoms with Crippen LogP contribution >= 0.6 is 0 Å². The number of aliphatic hydroxyl groups is 1. The average Bonchev–Trinajstić information content (AvgIpc) is 2.04. The molecule has 1 heterocycles. The first-order valence-electron chi connectivity index (χ1n) is 4.33. The molecule has 1 amide bonds. The number of aliphatic hydroxyl groups excluding tert-OH is 1. The normalized spacial score (nSPS) is 22.4. The van der Waals surface area contributed by atoms with Gasteiger partial charge in [0.1, 0.15) is 0 Å². The van der Waals surface area contributed by atoms with E-state index in [1.807, 2.05) is 0 Å². The molecule has 1 saturated heterocycles. The summed E-state index contributed by atoms with van der Waals surface area (Å²) in [4.78, 5) is 13.0. The van der Waals surface area contributed by atoms with E-state index < -0.39 is 6.04 Å². The number of carbonyl (C=O) groups excluding carboxylic acids is 1. The first-order chi connectivity index (χ1) is 5.61.